The van der Waals surface area contributed by atoms with Crippen LogP contribution >= 0.6 is 11.6 Å². The average molecular weight is 287 g/mol. The van der Waals surface area contributed by atoms with Crippen LogP contribution in [0.15, 0.2) is 36.4 Å². The number of benzene rings is 2. The van der Waals surface area contributed by atoms with E-state index in [9.17, 15) is 13.2 Å². The molecule has 0 aliphatic rings. The van der Waals surface area contributed by atoms with Gasteiger partial charge in [0, 0.05) is 5.88 Å². The standard InChI is InChI=1S/C14H10ClF3O/c15-7-9-2-4-14(13(18)5-9)19-8-10-1-3-11(16)12(17)6-10/h1-6H,7-8H2. The Balaban J connectivity index is 2.07. The predicted octanol–water partition coefficient (Wildman–Crippen LogP) is 4.42. The molecule has 0 amide bonds. The highest BCUT2D eigenvalue weighted by Crippen LogP contribution is 2.21. The van der Waals surface area contributed by atoms with E-state index in [1.165, 1.54) is 18.2 Å². The number of hydrogen-bond donors (Lipinski definition) is 0. The van der Waals surface area contributed by atoms with E-state index < -0.39 is 17.5 Å². The Morgan fingerprint density at radius 3 is 2.16 bits per heavy atom. The molecule has 0 spiro atoms. The smallest absolute Gasteiger partial charge is 0.165 e. The molecular formula is C14H10ClF3O. The third-order valence-corrected chi connectivity index (χ3v) is 2.84. The lowest BCUT2D eigenvalue weighted by Gasteiger charge is -2.08. The first-order chi connectivity index (χ1) is 9.10. The highest BCUT2D eigenvalue weighted by molar-refractivity contribution is 6.17. The van der Waals surface area contributed by atoms with E-state index in [1.54, 1.807) is 6.07 Å². The molecule has 0 bridgehead atoms. The third kappa shape index (κ3) is 3.41. The first kappa shape index (κ1) is 13.7. The second kappa shape index (κ2) is 5.97. The van der Waals surface area contributed by atoms with Crippen molar-refractivity contribution in [2.45, 2.75) is 12.5 Å². The average Bonchev–Trinajstić information content (AvgIpc) is 2.41. The largest absolute Gasteiger partial charge is 0.486 e. The fourth-order valence-electron chi connectivity index (χ4n) is 1.54. The topological polar surface area (TPSA) is 9.23 Å². The number of ether oxygens (including phenoxy) is 1. The minimum atomic E-state index is -0.959. The molecule has 2 rings (SSSR count). The molecule has 0 fully saturated rings. The summed E-state index contributed by atoms with van der Waals surface area (Å²) >= 11 is 5.57. The first-order valence-electron chi connectivity index (χ1n) is 5.51. The Labute approximate surface area is 113 Å². The quantitative estimate of drug-likeness (QED) is 0.756. The molecule has 0 aromatic heterocycles. The molecule has 0 unspecified atom stereocenters. The summed E-state index contributed by atoms with van der Waals surface area (Å²) in [6.45, 7) is -0.0473. The molecule has 100 valence electrons. The van der Waals surface area contributed by atoms with E-state index in [4.69, 9.17) is 16.3 Å². The zero-order valence-corrected chi connectivity index (χ0v) is 10.6. The molecule has 0 saturated heterocycles. The molecule has 0 heterocycles. The zero-order chi connectivity index (χ0) is 13.8. The van der Waals surface area contributed by atoms with E-state index in [2.05, 4.69) is 0 Å². The number of alkyl halides is 1. The van der Waals surface area contributed by atoms with Gasteiger partial charge in [-0.3, -0.25) is 0 Å². The van der Waals surface area contributed by atoms with Crippen LogP contribution in [0.25, 0.3) is 0 Å². The molecule has 0 aliphatic carbocycles. The lowest BCUT2D eigenvalue weighted by atomic mass is 10.2. The molecule has 0 N–H and O–H groups in total. The molecule has 2 aromatic carbocycles. The van der Waals surface area contributed by atoms with Crippen molar-refractivity contribution in [3.05, 3.63) is 65.0 Å². The van der Waals surface area contributed by atoms with Crippen molar-refractivity contribution >= 4 is 11.6 Å². The van der Waals surface area contributed by atoms with Crippen molar-refractivity contribution in [3.63, 3.8) is 0 Å². The minimum Gasteiger partial charge on any atom is -0.486 e. The van der Waals surface area contributed by atoms with Crippen LogP contribution in [0, 0.1) is 17.5 Å². The van der Waals surface area contributed by atoms with Crippen molar-refractivity contribution in [3.8, 4) is 5.75 Å². The predicted molar refractivity (Wildman–Crippen MR) is 66.6 cm³/mol. The molecule has 5 heteroatoms. The molecule has 0 radical (unpaired) electrons. The Bertz CT molecular complexity index is 587. The lowest BCUT2D eigenvalue weighted by Crippen LogP contribution is -1.99. The van der Waals surface area contributed by atoms with Gasteiger partial charge in [0.05, 0.1) is 0 Å². The Morgan fingerprint density at radius 1 is 0.842 bits per heavy atom. The normalized spacial score (nSPS) is 10.5. The van der Waals surface area contributed by atoms with Gasteiger partial charge in [0.25, 0.3) is 0 Å². The summed E-state index contributed by atoms with van der Waals surface area (Å²) in [7, 11) is 0. The van der Waals surface area contributed by atoms with E-state index >= 15 is 0 Å². The van der Waals surface area contributed by atoms with Crippen LogP contribution in [0.2, 0.25) is 0 Å². The highest BCUT2D eigenvalue weighted by Gasteiger charge is 2.07. The summed E-state index contributed by atoms with van der Waals surface area (Å²) < 4.78 is 44.5. The Hall–Kier alpha value is -1.68. The fourth-order valence-corrected chi connectivity index (χ4v) is 1.70. The van der Waals surface area contributed by atoms with Crippen LogP contribution in [-0.4, -0.2) is 0 Å². The van der Waals surface area contributed by atoms with Gasteiger partial charge < -0.3 is 4.74 Å². The van der Waals surface area contributed by atoms with Gasteiger partial charge in [-0.25, -0.2) is 13.2 Å². The number of hydrogen-bond acceptors (Lipinski definition) is 1. The first-order valence-corrected chi connectivity index (χ1v) is 6.04. The molecule has 1 nitrogen and oxygen atoms in total. The van der Waals surface area contributed by atoms with Crippen LogP contribution in [0.4, 0.5) is 13.2 Å². The summed E-state index contributed by atoms with van der Waals surface area (Å²) in [4.78, 5) is 0. The van der Waals surface area contributed by atoms with Gasteiger partial charge in [-0.05, 0) is 35.4 Å². The summed E-state index contributed by atoms with van der Waals surface area (Å²) in [6.07, 6.45) is 0. The van der Waals surface area contributed by atoms with Crippen molar-refractivity contribution in [2.24, 2.45) is 0 Å². The van der Waals surface area contributed by atoms with E-state index in [-0.39, 0.29) is 18.2 Å². The van der Waals surface area contributed by atoms with E-state index in [0.717, 1.165) is 12.1 Å². The van der Waals surface area contributed by atoms with Crippen molar-refractivity contribution in [2.75, 3.05) is 0 Å². The van der Waals surface area contributed by atoms with Gasteiger partial charge in [-0.15, -0.1) is 11.6 Å². The zero-order valence-electron chi connectivity index (χ0n) is 9.80. The van der Waals surface area contributed by atoms with Gasteiger partial charge in [-0.1, -0.05) is 12.1 Å². The van der Waals surface area contributed by atoms with Gasteiger partial charge in [0.15, 0.2) is 23.2 Å². The molecular weight excluding hydrogens is 277 g/mol. The summed E-state index contributed by atoms with van der Waals surface area (Å²) in [5, 5.41) is 0. The van der Waals surface area contributed by atoms with E-state index in [0.29, 0.717) is 11.1 Å². The van der Waals surface area contributed by atoms with Crippen LogP contribution in [0.1, 0.15) is 11.1 Å². The molecule has 0 saturated carbocycles. The second-order valence-corrected chi connectivity index (χ2v) is 4.20. The minimum absolute atomic E-state index is 0.0404. The van der Waals surface area contributed by atoms with Crippen LogP contribution in [0.5, 0.6) is 5.75 Å². The Morgan fingerprint density at radius 2 is 1.53 bits per heavy atom. The van der Waals surface area contributed by atoms with Crippen molar-refractivity contribution in [1.29, 1.82) is 0 Å². The second-order valence-electron chi connectivity index (χ2n) is 3.94. The van der Waals surface area contributed by atoms with Gasteiger partial charge >= 0.3 is 0 Å². The highest BCUT2D eigenvalue weighted by atomic mass is 35.5. The fraction of sp³-hybridized carbons (Fsp3) is 0.143. The molecule has 0 atom stereocenters. The third-order valence-electron chi connectivity index (χ3n) is 2.53. The van der Waals surface area contributed by atoms with Crippen molar-refractivity contribution in [1.82, 2.24) is 0 Å². The number of halogens is 4. The molecule has 2 aromatic rings. The maximum absolute atomic E-state index is 13.6. The Kier molecular flexibility index (Phi) is 4.32. The van der Waals surface area contributed by atoms with E-state index in [1.807, 2.05) is 0 Å². The van der Waals surface area contributed by atoms with Crippen LogP contribution in [0.3, 0.4) is 0 Å². The van der Waals surface area contributed by atoms with Gasteiger partial charge in [0.2, 0.25) is 0 Å². The molecule has 19 heavy (non-hydrogen) atoms. The summed E-state index contributed by atoms with van der Waals surface area (Å²) in [5.74, 6) is -2.18. The van der Waals surface area contributed by atoms with Crippen LogP contribution in [-0.2, 0) is 12.5 Å². The summed E-state index contributed by atoms with van der Waals surface area (Å²) in [6, 6.07) is 7.75. The summed E-state index contributed by atoms with van der Waals surface area (Å²) in [5.41, 5.74) is 1.05. The molecule has 0 aliphatic heterocycles. The van der Waals surface area contributed by atoms with Crippen LogP contribution < -0.4 is 4.74 Å². The maximum Gasteiger partial charge on any atom is 0.165 e. The van der Waals surface area contributed by atoms with Gasteiger partial charge in [0.1, 0.15) is 6.61 Å². The number of rotatable bonds is 4. The lowest BCUT2D eigenvalue weighted by molar-refractivity contribution is 0.289. The maximum atomic E-state index is 13.6. The van der Waals surface area contributed by atoms with Crippen molar-refractivity contribution < 1.29 is 17.9 Å². The van der Waals surface area contributed by atoms with Gasteiger partial charge in [-0.2, -0.15) is 0 Å². The SMILES string of the molecule is Fc1ccc(COc2ccc(CCl)cc2F)cc1F. The monoisotopic (exact) mass is 286 g/mol.